The summed E-state index contributed by atoms with van der Waals surface area (Å²) in [7, 11) is 0. The maximum atomic E-state index is 3.04. The number of hydrogen-bond acceptors (Lipinski definition) is 16. The molecule has 0 saturated carbocycles. The van der Waals surface area contributed by atoms with Gasteiger partial charge in [0.1, 0.15) is 89.8 Å². The van der Waals surface area contributed by atoms with Gasteiger partial charge in [0.2, 0.25) is 0 Å². The standard InChI is InChI=1S/C83H130N14S6/c1-23-51-45-46-84(31-9)66-59(51)52(24-2)60-53(25-3)61-54(26-4)62-55(27-5)63-56(28-6)64-57(29-7)65-58(30-8)83(49-86(33-11)67(65)88(35-13)69(64)90(37-15)71(63)92(39-17)72(62)91(38-16)70(61)89(36-14)68(60)87(66)34-12)50-99-79-77(97(83)44-22)96(43-21)76-81(101-79)103-82-75(95(76)42-20)94(41-19)74-80(102-82)100-78-73(93(74)40-18)85(32-10)47-48-98-78/h51-58H,23-50H2,1-22H3. The van der Waals surface area contributed by atoms with Crippen molar-refractivity contribution in [3.05, 3.63) is 79.8 Å². The van der Waals surface area contributed by atoms with Crippen LogP contribution in [-0.2, 0) is 26.2 Å². The van der Waals surface area contributed by atoms with E-state index in [9.17, 15) is 0 Å². The van der Waals surface area contributed by atoms with E-state index in [1.165, 1.54) is 91.0 Å². The first-order valence-corrected chi connectivity index (χ1v) is 47.1. The lowest BCUT2D eigenvalue weighted by atomic mass is 9.60. The first kappa shape index (κ1) is 75.5. The van der Waals surface area contributed by atoms with E-state index in [1.54, 1.807) is 50.7 Å². The van der Waals surface area contributed by atoms with Gasteiger partial charge < -0.3 is 67.3 Å². The second-order valence-corrected chi connectivity index (χ2v) is 37.6. The summed E-state index contributed by atoms with van der Waals surface area (Å²) in [5.74, 6) is 18.9. The molecule has 14 nitrogen and oxygen atoms in total. The number of thioether (sulfide) groups is 2. The maximum Gasteiger partial charge on any atom is 0.144 e. The zero-order valence-corrected chi connectivity index (χ0v) is 72.5. The highest BCUT2D eigenvalue weighted by molar-refractivity contribution is 8.02. The Kier molecular flexibility index (Phi) is 22.2. The van der Waals surface area contributed by atoms with Crippen molar-refractivity contribution in [2.24, 2.45) is 47.3 Å². The van der Waals surface area contributed by atoms with Gasteiger partial charge in [0.25, 0.3) is 0 Å². The first-order chi connectivity index (χ1) is 50.2. The molecule has 20 heteroatoms. The van der Waals surface area contributed by atoms with Crippen molar-refractivity contribution in [1.29, 1.82) is 0 Å². The molecule has 103 heavy (non-hydrogen) atoms. The van der Waals surface area contributed by atoms with Crippen LogP contribution in [0.25, 0.3) is 29.0 Å². The number of anilines is 2. The van der Waals surface area contributed by atoms with Crippen molar-refractivity contribution in [2.45, 2.75) is 250 Å². The third kappa shape index (κ3) is 10.7. The highest BCUT2D eigenvalue weighted by Crippen LogP contribution is 2.65. The fourth-order valence-electron chi connectivity index (χ4n) is 22.7. The van der Waals surface area contributed by atoms with E-state index in [0.29, 0.717) is 47.3 Å². The molecular weight excluding hydrogens is 1390 g/mol. The van der Waals surface area contributed by atoms with Crippen molar-refractivity contribution in [3.63, 3.8) is 0 Å². The van der Waals surface area contributed by atoms with Crippen LogP contribution in [0.3, 0.4) is 0 Å². The zero-order chi connectivity index (χ0) is 73.1. The molecule has 14 heterocycles. The van der Waals surface area contributed by atoms with Crippen molar-refractivity contribution < 1.29 is 0 Å². The Morgan fingerprint density at radius 3 is 1.06 bits per heavy atom. The highest BCUT2D eigenvalue weighted by Gasteiger charge is 2.61. The summed E-state index contributed by atoms with van der Waals surface area (Å²) in [4.78, 5) is 28.9. The van der Waals surface area contributed by atoms with E-state index in [-0.39, 0.29) is 5.54 Å². The molecule has 0 N–H and O–H groups in total. The van der Waals surface area contributed by atoms with Crippen LogP contribution in [-0.4, -0.2) is 160 Å². The minimum absolute atomic E-state index is 0.137. The SMILES string of the molecule is CCC1CCN(CC)C2=C1C(CC)C1=C(N2CC)N(CC)C2=C(C1CC)C(CC)C1=C(N2CC)N(CC)C2=C(C(CC)C3=C(N(CC)C4=C(C3CC)C(CC)C3(CSc5sc6sc7sc8sc9c(n(CC)c8n(CC)c7n(CC)c6n(CC)c5N3CC)N(CC)CCS9)CN4CC)N2CC)C1CC. The summed E-state index contributed by atoms with van der Waals surface area (Å²) in [5.41, 5.74) is 16.3. The van der Waals surface area contributed by atoms with Crippen LogP contribution in [0.2, 0.25) is 0 Å². The second kappa shape index (κ2) is 30.3. The molecule has 4 aromatic heterocycles. The Bertz CT molecular complexity index is 4250. The average Bonchev–Trinajstić information content (AvgIpc) is 0.680. The maximum absolute atomic E-state index is 3.04. The third-order valence-corrected chi connectivity index (χ3v) is 34.0. The molecule has 9 atom stereocenters. The Morgan fingerprint density at radius 2 is 0.680 bits per heavy atom. The molecule has 0 bridgehead atoms. The van der Waals surface area contributed by atoms with Gasteiger partial charge in [0.05, 0.1) is 5.54 Å². The number of nitrogens with zero attached hydrogens (tertiary/aromatic N) is 14. The number of allylic oxidation sites excluding steroid dienone is 6. The number of aromatic nitrogens is 4. The molecule has 0 aromatic carbocycles. The van der Waals surface area contributed by atoms with Gasteiger partial charge >= 0.3 is 0 Å². The van der Waals surface area contributed by atoms with Crippen LogP contribution in [0.15, 0.2) is 88.2 Å². The molecule has 10 aliphatic heterocycles. The molecule has 568 valence electrons. The summed E-state index contributed by atoms with van der Waals surface area (Å²) in [6, 6.07) is 0. The normalized spacial score (nSPS) is 26.5. The molecule has 1 spiro atoms. The van der Waals surface area contributed by atoms with E-state index < -0.39 is 0 Å². The van der Waals surface area contributed by atoms with Gasteiger partial charge in [-0.05, 0) is 200 Å². The monoisotopic (exact) mass is 1510 g/mol. The molecular formula is C83H130N14S6. The molecule has 0 amide bonds. The molecule has 10 aliphatic rings. The van der Waals surface area contributed by atoms with Gasteiger partial charge in [-0.3, -0.25) is 0 Å². The summed E-state index contributed by atoms with van der Waals surface area (Å²) < 4.78 is 18.3. The molecule has 0 saturated heterocycles. The predicted molar refractivity (Wildman–Crippen MR) is 448 cm³/mol. The first-order valence-electron chi connectivity index (χ1n) is 41.9. The lowest BCUT2D eigenvalue weighted by Crippen LogP contribution is -2.68. The van der Waals surface area contributed by atoms with Crippen molar-refractivity contribution in [2.75, 3.05) is 106 Å². The molecule has 0 aliphatic carbocycles. The van der Waals surface area contributed by atoms with Crippen LogP contribution < -0.4 is 9.80 Å². The van der Waals surface area contributed by atoms with Gasteiger partial charge in [0, 0.05) is 164 Å². The summed E-state index contributed by atoms with van der Waals surface area (Å²) >= 11 is 12.6. The van der Waals surface area contributed by atoms with Crippen LogP contribution in [0.4, 0.5) is 11.6 Å². The molecule has 14 rings (SSSR count). The number of fused-ring (bicyclic) bond motifs is 5. The third-order valence-electron chi connectivity index (χ3n) is 26.5. The van der Waals surface area contributed by atoms with Crippen LogP contribution in [0.5, 0.6) is 0 Å². The van der Waals surface area contributed by atoms with Gasteiger partial charge in [-0.1, -0.05) is 55.4 Å². The van der Waals surface area contributed by atoms with Gasteiger partial charge in [-0.25, -0.2) is 0 Å². The Morgan fingerprint density at radius 1 is 0.311 bits per heavy atom. The number of aryl methyl sites for hydroxylation is 4. The van der Waals surface area contributed by atoms with E-state index >= 15 is 0 Å². The van der Waals surface area contributed by atoms with Crippen LogP contribution >= 0.6 is 68.9 Å². The summed E-state index contributed by atoms with van der Waals surface area (Å²) in [6.45, 7) is 71.6. The predicted octanol–water partition coefficient (Wildman–Crippen LogP) is 21.3. The van der Waals surface area contributed by atoms with Crippen LogP contribution in [0.1, 0.15) is 210 Å². The van der Waals surface area contributed by atoms with Crippen molar-refractivity contribution in [1.82, 2.24) is 57.5 Å². The van der Waals surface area contributed by atoms with Crippen molar-refractivity contribution >= 4 is 109 Å². The molecule has 0 radical (unpaired) electrons. The Labute approximate surface area is 645 Å². The topological polar surface area (TPSA) is 52.1 Å². The Hall–Kier alpha value is -4.34. The highest BCUT2D eigenvalue weighted by atomic mass is 32.2. The summed E-state index contributed by atoms with van der Waals surface area (Å²) in [6.07, 6.45) is 10.3. The minimum atomic E-state index is -0.137. The lowest BCUT2D eigenvalue weighted by molar-refractivity contribution is 0.0816. The van der Waals surface area contributed by atoms with Gasteiger partial charge in [-0.15, -0.1) is 68.9 Å². The van der Waals surface area contributed by atoms with Gasteiger partial charge in [0.15, 0.2) is 0 Å². The van der Waals surface area contributed by atoms with Crippen molar-refractivity contribution in [3.8, 4) is 0 Å². The summed E-state index contributed by atoms with van der Waals surface area (Å²) in [5, 5.41) is 0. The number of rotatable bonds is 22. The van der Waals surface area contributed by atoms with Gasteiger partial charge in [-0.2, -0.15) is 0 Å². The van der Waals surface area contributed by atoms with E-state index in [1.807, 2.05) is 11.3 Å². The molecule has 0 fully saturated rings. The van der Waals surface area contributed by atoms with Crippen LogP contribution in [0, 0.1) is 47.3 Å². The fraction of sp³-hybridized carbons (Fsp3) is 0.711. The Balaban J connectivity index is 0.911. The molecule has 9 unspecified atom stereocenters. The zero-order valence-electron chi connectivity index (χ0n) is 67.6. The lowest BCUT2D eigenvalue weighted by Gasteiger charge is -2.63. The smallest absolute Gasteiger partial charge is 0.144 e. The average molecular weight is 1520 g/mol. The quantitative estimate of drug-likeness (QED) is 0.0705. The minimum Gasteiger partial charge on any atom is -0.358 e. The fourth-order valence-corrected chi connectivity index (χ4v) is 32.0. The van der Waals surface area contributed by atoms with E-state index in [4.69, 9.17) is 0 Å². The number of hydrogen-bond donors (Lipinski definition) is 0. The van der Waals surface area contributed by atoms with E-state index in [0.717, 1.165) is 168 Å². The largest absolute Gasteiger partial charge is 0.358 e. The number of likely N-dealkylation sites (N-methyl/N-ethyl adjacent to an activating group) is 2. The van der Waals surface area contributed by atoms with E-state index in [2.05, 4.69) is 277 Å². The second-order valence-electron chi connectivity index (χ2n) is 30.1. The molecule has 4 aromatic rings.